The first-order chi connectivity index (χ1) is 27.5. The highest BCUT2D eigenvalue weighted by molar-refractivity contribution is 6.03. The molecule has 3 aromatic rings. The Hall–Kier alpha value is -4.44. The van der Waals surface area contributed by atoms with E-state index in [1.54, 1.807) is 13.2 Å². The molecule has 0 saturated heterocycles. The summed E-state index contributed by atoms with van der Waals surface area (Å²) < 4.78 is 20.9. The van der Waals surface area contributed by atoms with Gasteiger partial charge in [-0.3, -0.25) is 4.79 Å². The number of benzene rings is 3. The van der Waals surface area contributed by atoms with Gasteiger partial charge in [-0.25, -0.2) is 0 Å². The van der Waals surface area contributed by atoms with Gasteiger partial charge in [0, 0.05) is 43.6 Å². The number of fused-ring (bicyclic) bond motifs is 2. The highest BCUT2D eigenvalue weighted by Gasteiger charge is 2.65. The van der Waals surface area contributed by atoms with Gasteiger partial charge >= 0.3 is 0 Å². The Bertz CT molecular complexity index is 1860. The first-order valence-electron chi connectivity index (χ1n) is 20.7. The standard InChI is InChI=1S/C47H58N2O7/c1-4-25-49(46(52)34-17-18-34)43-31-41(48-53-3)39-29-35(15-9-11-26-50)38(16-10-12-27-51)44-40-30-37(23-24-42(40)56-47(43,45(39)44)54-28-5-2)55-36-21-19-33(20-22-36)32-13-7-6-8-14-32/h5-8,13-14,19-24,29-30,34-35,38,43-45,50-51H,2,4,9-12,15-18,25-28,31H2,1,3H3. The average Bonchev–Trinajstić information content (AvgIpc) is 4.08. The third-order valence-corrected chi connectivity index (χ3v) is 12.1. The average molecular weight is 763 g/mol. The maximum Gasteiger partial charge on any atom is 0.239 e. The second kappa shape index (κ2) is 18.2. The molecule has 0 aromatic heterocycles. The van der Waals surface area contributed by atoms with Gasteiger partial charge in [0.1, 0.15) is 30.4 Å². The van der Waals surface area contributed by atoms with Crippen molar-refractivity contribution in [1.82, 2.24) is 4.90 Å². The van der Waals surface area contributed by atoms with Crippen molar-refractivity contribution in [1.29, 1.82) is 0 Å². The lowest BCUT2D eigenvalue weighted by molar-refractivity contribution is -0.257. The SMILES string of the molecule is C=CCOC12Oc3ccc(Oc4ccc(-c5ccccc5)cc4)cc3C3C(CCCCO)C(CCCCO)C=C(C(=NOC)CC1N(CCC)C(=O)C1CC1)C32. The second-order valence-electron chi connectivity index (χ2n) is 15.8. The molecule has 2 saturated carbocycles. The number of nitrogens with zero attached hydrogens (tertiary/aromatic N) is 2. The number of unbranched alkanes of at least 4 members (excludes halogenated alkanes) is 2. The number of aliphatic hydroxyl groups excluding tert-OH is 2. The van der Waals surface area contributed by atoms with Crippen LogP contribution in [0.3, 0.4) is 0 Å². The van der Waals surface area contributed by atoms with Crippen molar-refractivity contribution in [3.63, 3.8) is 0 Å². The molecule has 0 radical (unpaired) electrons. The van der Waals surface area contributed by atoms with Crippen LogP contribution in [0, 0.1) is 23.7 Å². The molecule has 9 heteroatoms. The summed E-state index contributed by atoms with van der Waals surface area (Å²) in [6.07, 6.45) is 12.1. The molecule has 7 rings (SSSR count). The van der Waals surface area contributed by atoms with Gasteiger partial charge in [0.05, 0.1) is 18.2 Å². The molecule has 4 aliphatic rings. The Balaban J connectivity index is 1.37. The quantitative estimate of drug-likeness (QED) is 0.0713. The minimum atomic E-state index is -1.23. The minimum Gasteiger partial charge on any atom is -0.459 e. The fourth-order valence-electron chi connectivity index (χ4n) is 9.53. The maximum atomic E-state index is 14.2. The number of oxime groups is 1. The van der Waals surface area contributed by atoms with Crippen LogP contribution in [-0.4, -0.2) is 72.0 Å². The lowest BCUT2D eigenvalue weighted by Crippen LogP contribution is -2.70. The molecular formula is C47H58N2O7. The zero-order valence-corrected chi connectivity index (χ0v) is 33.0. The number of hydrogen-bond acceptors (Lipinski definition) is 8. The molecule has 9 nitrogen and oxygen atoms in total. The second-order valence-corrected chi connectivity index (χ2v) is 15.8. The monoisotopic (exact) mass is 762 g/mol. The molecule has 1 amide bonds. The van der Waals surface area contributed by atoms with Crippen molar-refractivity contribution in [2.45, 2.75) is 88.9 Å². The number of carbonyl (C=O) groups is 1. The maximum absolute atomic E-state index is 14.2. The van der Waals surface area contributed by atoms with Crippen molar-refractivity contribution in [3.05, 3.63) is 103 Å². The molecular weight excluding hydrogens is 705 g/mol. The summed E-state index contributed by atoms with van der Waals surface area (Å²) in [4.78, 5) is 21.8. The van der Waals surface area contributed by atoms with Crippen LogP contribution in [0.2, 0.25) is 0 Å². The van der Waals surface area contributed by atoms with Crippen LogP contribution in [0.4, 0.5) is 0 Å². The van der Waals surface area contributed by atoms with E-state index in [-0.39, 0.29) is 55.3 Å². The summed E-state index contributed by atoms with van der Waals surface area (Å²) in [6.45, 7) is 7.23. The van der Waals surface area contributed by atoms with Gasteiger partial charge in [-0.1, -0.05) is 79.5 Å². The molecule has 0 spiro atoms. The number of allylic oxidation sites excluding steroid dienone is 1. The van der Waals surface area contributed by atoms with Gasteiger partial charge in [0.2, 0.25) is 11.7 Å². The summed E-state index contributed by atoms with van der Waals surface area (Å²) in [6, 6.07) is 24.1. The predicted molar refractivity (Wildman–Crippen MR) is 219 cm³/mol. The zero-order chi connectivity index (χ0) is 39.1. The summed E-state index contributed by atoms with van der Waals surface area (Å²) in [5.74, 6) is 0.956. The van der Waals surface area contributed by atoms with E-state index < -0.39 is 11.8 Å². The molecule has 1 aliphatic heterocycles. The minimum absolute atomic E-state index is 0.0133. The summed E-state index contributed by atoms with van der Waals surface area (Å²) in [5.41, 5.74) is 5.14. The van der Waals surface area contributed by atoms with Crippen molar-refractivity contribution in [2.24, 2.45) is 28.8 Å². The summed E-state index contributed by atoms with van der Waals surface area (Å²) >= 11 is 0. The smallest absolute Gasteiger partial charge is 0.239 e. The summed E-state index contributed by atoms with van der Waals surface area (Å²) in [5, 5.41) is 24.4. The van der Waals surface area contributed by atoms with E-state index in [1.807, 2.05) is 47.4 Å². The van der Waals surface area contributed by atoms with Crippen LogP contribution in [0.15, 0.2) is 102 Å². The van der Waals surface area contributed by atoms with Crippen LogP contribution in [0.1, 0.15) is 82.6 Å². The normalized spacial score (nSPS) is 25.7. The number of aliphatic hydroxyl groups is 2. The van der Waals surface area contributed by atoms with Crippen LogP contribution in [0.5, 0.6) is 17.2 Å². The van der Waals surface area contributed by atoms with E-state index in [2.05, 4.69) is 49.9 Å². The van der Waals surface area contributed by atoms with Crippen molar-refractivity contribution < 1.29 is 34.1 Å². The Labute approximate surface area is 332 Å². The largest absolute Gasteiger partial charge is 0.459 e. The van der Waals surface area contributed by atoms with E-state index in [0.29, 0.717) is 25.1 Å². The van der Waals surface area contributed by atoms with Gasteiger partial charge in [-0.05, 0) is 104 Å². The molecule has 0 bridgehead atoms. The molecule has 6 atom stereocenters. The van der Waals surface area contributed by atoms with Crippen LogP contribution in [0.25, 0.3) is 11.1 Å². The Morgan fingerprint density at radius 3 is 2.36 bits per heavy atom. The lowest BCUT2D eigenvalue weighted by atomic mass is 9.55. The van der Waals surface area contributed by atoms with Crippen molar-refractivity contribution >= 4 is 11.6 Å². The fraction of sp³-hybridized carbons (Fsp3) is 0.489. The Morgan fingerprint density at radius 2 is 1.68 bits per heavy atom. The van der Waals surface area contributed by atoms with Crippen molar-refractivity contribution in [3.8, 4) is 28.4 Å². The number of hydrogen-bond donors (Lipinski definition) is 2. The van der Waals surface area contributed by atoms with E-state index in [1.165, 1.54) is 0 Å². The summed E-state index contributed by atoms with van der Waals surface area (Å²) in [7, 11) is 1.58. The molecule has 56 heavy (non-hydrogen) atoms. The van der Waals surface area contributed by atoms with Crippen LogP contribution in [-0.2, 0) is 14.4 Å². The van der Waals surface area contributed by atoms with E-state index in [4.69, 9.17) is 24.2 Å². The third-order valence-electron chi connectivity index (χ3n) is 12.1. The highest BCUT2D eigenvalue weighted by Crippen LogP contribution is 2.62. The van der Waals surface area contributed by atoms with E-state index in [0.717, 1.165) is 90.8 Å². The molecule has 298 valence electrons. The van der Waals surface area contributed by atoms with Crippen LogP contribution >= 0.6 is 0 Å². The van der Waals surface area contributed by atoms with Crippen LogP contribution < -0.4 is 9.47 Å². The molecule has 2 fully saturated rings. The van der Waals surface area contributed by atoms with Crippen molar-refractivity contribution in [2.75, 3.05) is 33.5 Å². The van der Waals surface area contributed by atoms with E-state index in [9.17, 15) is 15.0 Å². The van der Waals surface area contributed by atoms with Gasteiger partial charge in [0.15, 0.2) is 0 Å². The van der Waals surface area contributed by atoms with Gasteiger partial charge in [0.25, 0.3) is 0 Å². The molecule has 1 heterocycles. The predicted octanol–water partition coefficient (Wildman–Crippen LogP) is 9.06. The number of rotatable bonds is 19. The Morgan fingerprint density at radius 1 is 0.964 bits per heavy atom. The van der Waals surface area contributed by atoms with E-state index >= 15 is 0 Å². The molecule has 6 unspecified atom stereocenters. The first kappa shape index (κ1) is 39.8. The number of ether oxygens (including phenoxy) is 3. The topological polar surface area (TPSA) is 110 Å². The third kappa shape index (κ3) is 8.18. The van der Waals surface area contributed by atoms with Gasteiger partial charge < -0.3 is 34.2 Å². The fourth-order valence-corrected chi connectivity index (χ4v) is 9.53. The number of carbonyl (C=O) groups excluding carboxylic acids is 1. The first-order valence-corrected chi connectivity index (χ1v) is 20.7. The lowest BCUT2D eigenvalue weighted by Gasteiger charge is -2.60. The molecule has 3 aromatic carbocycles. The zero-order valence-electron chi connectivity index (χ0n) is 33.0. The number of amides is 1. The molecule has 2 N–H and O–H groups in total. The van der Waals surface area contributed by atoms with Gasteiger partial charge in [-0.2, -0.15) is 0 Å². The highest BCUT2D eigenvalue weighted by atomic mass is 16.7. The van der Waals surface area contributed by atoms with Gasteiger partial charge in [-0.15, -0.1) is 6.58 Å². The Kier molecular flexibility index (Phi) is 12.9. The molecule has 3 aliphatic carbocycles.